The summed E-state index contributed by atoms with van der Waals surface area (Å²) in [5.74, 6) is 0.347. The van der Waals surface area contributed by atoms with E-state index in [2.05, 4.69) is 20.6 Å². The van der Waals surface area contributed by atoms with E-state index >= 15 is 0 Å². The van der Waals surface area contributed by atoms with Gasteiger partial charge in [0, 0.05) is 18.0 Å². The highest BCUT2D eigenvalue weighted by Crippen LogP contribution is 2.30. The number of rotatable bonds is 6. The highest BCUT2D eigenvalue weighted by Gasteiger charge is 2.33. The maximum absolute atomic E-state index is 12.6. The molecule has 2 N–H and O–H groups in total. The van der Waals surface area contributed by atoms with Crippen LogP contribution in [-0.2, 0) is 22.3 Å². The minimum Gasteiger partial charge on any atom is -0.466 e. The lowest BCUT2D eigenvalue weighted by Crippen LogP contribution is -2.45. The van der Waals surface area contributed by atoms with Crippen molar-refractivity contribution >= 4 is 47.2 Å². The van der Waals surface area contributed by atoms with Crippen LogP contribution in [0.25, 0.3) is 0 Å². The normalized spacial score (nSPS) is 20.2. The highest BCUT2D eigenvalue weighted by atomic mass is 127. The van der Waals surface area contributed by atoms with Crippen LogP contribution < -0.4 is 10.6 Å². The molecule has 28 heavy (non-hydrogen) atoms. The van der Waals surface area contributed by atoms with Crippen LogP contribution in [0.4, 0.5) is 13.2 Å². The molecule has 0 radical (unpaired) electrons. The van der Waals surface area contributed by atoms with Crippen molar-refractivity contribution in [1.29, 1.82) is 0 Å². The Hall–Kier alpha value is -1.11. The number of alkyl halides is 3. The molecule has 0 aromatic carbocycles. The van der Waals surface area contributed by atoms with Crippen LogP contribution in [0, 0.1) is 5.92 Å². The molecule has 0 aliphatic heterocycles. The summed E-state index contributed by atoms with van der Waals surface area (Å²) in [5, 5.41) is 7.70. The fourth-order valence-corrected chi connectivity index (χ4v) is 3.63. The lowest BCUT2D eigenvalue weighted by molar-refractivity contribution is -0.149. The summed E-state index contributed by atoms with van der Waals surface area (Å²) in [5.41, 5.74) is -0.882. The average Bonchev–Trinajstić information content (AvgIpc) is 3.10. The zero-order chi connectivity index (χ0) is 19.9. The summed E-state index contributed by atoms with van der Waals surface area (Å²) in [7, 11) is 0. The third kappa shape index (κ3) is 7.72. The molecule has 0 amide bonds. The third-order valence-electron chi connectivity index (χ3n) is 4.25. The van der Waals surface area contributed by atoms with Gasteiger partial charge in [0.25, 0.3) is 0 Å². The van der Waals surface area contributed by atoms with Crippen LogP contribution in [0.2, 0.25) is 0 Å². The molecule has 11 heteroatoms. The first-order chi connectivity index (χ1) is 12.8. The fraction of sp³-hybridized carbons (Fsp3) is 0.706. The molecule has 0 saturated heterocycles. The number of hydrogen-bond donors (Lipinski definition) is 2. The standard InChI is InChI=1S/C17H25F3N4O2S.HI/c1-3-21-16(22-9-14-24-13(10-27-14)17(18,19)20)23-12-7-5-11(6-8-12)15(25)26-4-2;/h10-12H,3-9H2,1-2H3,(H2,21,22,23);1H. The van der Waals surface area contributed by atoms with E-state index in [4.69, 9.17) is 4.74 Å². The lowest BCUT2D eigenvalue weighted by atomic mass is 9.86. The Morgan fingerprint density at radius 3 is 2.54 bits per heavy atom. The van der Waals surface area contributed by atoms with Crippen LogP contribution in [-0.4, -0.2) is 36.1 Å². The predicted octanol–water partition coefficient (Wildman–Crippen LogP) is 3.96. The molecule has 1 heterocycles. The topological polar surface area (TPSA) is 75.6 Å². The van der Waals surface area contributed by atoms with Gasteiger partial charge in [-0.05, 0) is 39.5 Å². The number of aromatic nitrogens is 1. The van der Waals surface area contributed by atoms with Crippen molar-refractivity contribution in [2.24, 2.45) is 10.9 Å². The van der Waals surface area contributed by atoms with Crippen LogP contribution in [0.15, 0.2) is 10.4 Å². The first kappa shape index (κ1) is 24.9. The van der Waals surface area contributed by atoms with Crippen LogP contribution in [0.3, 0.4) is 0 Å². The molecule has 1 aromatic heterocycles. The summed E-state index contributed by atoms with van der Waals surface area (Å²) in [4.78, 5) is 19.7. The molecule has 1 aliphatic rings. The van der Waals surface area contributed by atoms with Crippen LogP contribution in [0.1, 0.15) is 50.2 Å². The second-order valence-electron chi connectivity index (χ2n) is 6.26. The SMILES string of the molecule is CCNC(=NCc1nc(C(F)(F)F)cs1)NC1CCC(C(=O)OCC)CC1.I. The van der Waals surface area contributed by atoms with Crippen molar-refractivity contribution in [1.82, 2.24) is 15.6 Å². The molecule has 6 nitrogen and oxygen atoms in total. The molecular weight excluding hydrogens is 508 g/mol. The Kier molecular flexibility index (Phi) is 10.5. The van der Waals surface area contributed by atoms with Crippen molar-refractivity contribution in [3.8, 4) is 0 Å². The number of hydrogen-bond acceptors (Lipinski definition) is 5. The number of aliphatic imine (C=N–C) groups is 1. The van der Waals surface area contributed by atoms with Crippen molar-refractivity contribution in [2.45, 2.75) is 58.3 Å². The Morgan fingerprint density at radius 2 is 2.00 bits per heavy atom. The molecular formula is C17H26F3IN4O2S. The van der Waals surface area contributed by atoms with Gasteiger partial charge in [0.1, 0.15) is 5.01 Å². The summed E-state index contributed by atoms with van der Waals surface area (Å²) in [6, 6.07) is 0.163. The zero-order valence-electron chi connectivity index (χ0n) is 15.8. The van der Waals surface area contributed by atoms with Gasteiger partial charge < -0.3 is 15.4 Å². The van der Waals surface area contributed by atoms with Gasteiger partial charge in [-0.3, -0.25) is 4.79 Å². The minimum atomic E-state index is -4.43. The van der Waals surface area contributed by atoms with E-state index in [1.54, 1.807) is 6.92 Å². The number of carbonyl (C=O) groups is 1. The number of guanidine groups is 1. The van der Waals surface area contributed by atoms with Crippen molar-refractivity contribution in [3.05, 3.63) is 16.1 Å². The number of carbonyl (C=O) groups excluding carboxylic acids is 1. The average molecular weight is 534 g/mol. The molecule has 0 unspecified atom stereocenters. The van der Waals surface area contributed by atoms with E-state index in [9.17, 15) is 18.0 Å². The number of esters is 1. The summed E-state index contributed by atoms with van der Waals surface area (Å²) < 4.78 is 42.9. The van der Waals surface area contributed by atoms with Gasteiger partial charge >= 0.3 is 12.1 Å². The third-order valence-corrected chi connectivity index (χ3v) is 5.08. The van der Waals surface area contributed by atoms with Gasteiger partial charge in [0.05, 0.1) is 19.1 Å². The molecule has 1 saturated carbocycles. The number of nitrogens with zero attached hydrogens (tertiary/aromatic N) is 2. The van der Waals surface area contributed by atoms with E-state index in [1.807, 2.05) is 6.92 Å². The monoisotopic (exact) mass is 534 g/mol. The van der Waals surface area contributed by atoms with E-state index in [0.29, 0.717) is 24.1 Å². The van der Waals surface area contributed by atoms with Crippen molar-refractivity contribution in [3.63, 3.8) is 0 Å². The minimum absolute atomic E-state index is 0. The van der Waals surface area contributed by atoms with Crippen molar-refractivity contribution < 1.29 is 22.7 Å². The molecule has 2 rings (SSSR count). The Bertz CT molecular complexity index is 647. The van der Waals surface area contributed by atoms with Crippen molar-refractivity contribution in [2.75, 3.05) is 13.2 Å². The van der Waals surface area contributed by atoms with Crippen LogP contribution >= 0.6 is 35.3 Å². The predicted molar refractivity (Wildman–Crippen MR) is 113 cm³/mol. The lowest BCUT2D eigenvalue weighted by Gasteiger charge is -2.29. The second kappa shape index (κ2) is 11.8. The largest absolute Gasteiger partial charge is 0.466 e. The Labute approximate surface area is 183 Å². The molecule has 0 atom stereocenters. The van der Waals surface area contributed by atoms with Gasteiger partial charge in [-0.15, -0.1) is 35.3 Å². The molecule has 1 aliphatic carbocycles. The van der Waals surface area contributed by atoms with E-state index in [-0.39, 0.29) is 48.5 Å². The van der Waals surface area contributed by atoms with Gasteiger partial charge in [0.2, 0.25) is 0 Å². The molecule has 0 bridgehead atoms. The Balaban J connectivity index is 0.00000392. The van der Waals surface area contributed by atoms with E-state index in [1.165, 1.54) is 0 Å². The first-order valence-electron chi connectivity index (χ1n) is 9.06. The number of thiazole rings is 1. The molecule has 160 valence electrons. The zero-order valence-corrected chi connectivity index (χ0v) is 19.0. The Morgan fingerprint density at radius 1 is 1.32 bits per heavy atom. The summed E-state index contributed by atoms with van der Waals surface area (Å²) in [6.45, 7) is 4.81. The van der Waals surface area contributed by atoms with E-state index in [0.717, 1.165) is 42.4 Å². The maximum Gasteiger partial charge on any atom is 0.434 e. The smallest absolute Gasteiger partial charge is 0.434 e. The summed E-state index contributed by atoms with van der Waals surface area (Å²) in [6.07, 6.45) is -1.32. The van der Waals surface area contributed by atoms with E-state index < -0.39 is 11.9 Å². The molecule has 0 spiro atoms. The second-order valence-corrected chi connectivity index (χ2v) is 7.21. The van der Waals surface area contributed by atoms with Gasteiger partial charge in [-0.1, -0.05) is 0 Å². The number of ether oxygens (including phenoxy) is 1. The van der Waals surface area contributed by atoms with Gasteiger partial charge in [-0.2, -0.15) is 13.2 Å². The number of halogens is 4. The molecule has 1 aromatic rings. The van der Waals surface area contributed by atoms with Gasteiger partial charge in [0.15, 0.2) is 11.7 Å². The quantitative estimate of drug-likeness (QED) is 0.250. The molecule has 1 fully saturated rings. The fourth-order valence-electron chi connectivity index (χ4n) is 2.91. The van der Waals surface area contributed by atoms with Crippen LogP contribution in [0.5, 0.6) is 0 Å². The number of nitrogens with one attached hydrogen (secondary N) is 2. The first-order valence-corrected chi connectivity index (χ1v) is 9.94. The van der Waals surface area contributed by atoms with Gasteiger partial charge in [-0.25, -0.2) is 9.98 Å². The highest BCUT2D eigenvalue weighted by molar-refractivity contribution is 14.0. The maximum atomic E-state index is 12.6. The summed E-state index contributed by atoms with van der Waals surface area (Å²) >= 11 is 0.946.